The first kappa shape index (κ1) is 40.3. The highest BCUT2D eigenvalue weighted by Gasteiger charge is 2.57. The Kier molecular flexibility index (Phi) is 11.7. The van der Waals surface area contributed by atoms with Crippen molar-refractivity contribution in [2.24, 2.45) is 0 Å². The predicted octanol–water partition coefficient (Wildman–Crippen LogP) is 6.87. The summed E-state index contributed by atoms with van der Waals surface area (Å²) in [6, 6.07) is 5.36. The Morgan fingerprint density at radius 1 is 1.06 bits per heavy atom. The van der Waals surface area contributed by atoms with Crippen LogP contribution in [0.1, 0.15) is 77.5 Å². The zero-order valence-corrected chi connectivity index (χ0v) is 30.8. The molecule has 19 heteroatoms. The van der Waals surface area contributed by atoms with Crippen molar-refractivity contribution in [1.29, 1.82) is 0 Å². The molecule has 10 nitrogen and oxygen atoms in total. The number of piperidine rings is 1. The van der Waals surface area contributed by atoms with Crippen LogP contribution in [0.3, 0.4) is 0 Å². The number of likely N-dealkylation sites (tertiary alicyclic amines) is 1. The van der Waals surface area contributed by atoms with Gasteiger partial charge in [-0.1, -0.05) is 31.0 Å². The van der Waals surface area contributed by atoms with Gasteiger partial charge in [0.25, 0.3) is 11.8 Å². The number of carbonyl (C=O) groups excluding carboxylic acids is 3. The lowest BCUT2D eigenvalue weighted by atomic mass is 9.78. The lowest BCUT2D eigenvalue weighted by Gasteiger charge is -2.51. The van der Waals surface area contributed by atoms with E-state index in [0.717, 1.165) is 40.4 Å². The molecule has 0 spiro atoms. The van der Waals surface area contributed by atoms with E-state index < -0.39 is 73.9 Å². The zero-order valence-electron chi connectivity index (χ0n) is 28.4. The maximum absolute atomic E-state index is 15.3. The van der Waals surface area contributed by atoms with Gasteiger partial charge in [-0.05, 0) is 61.1 Å². The highest BCUT2D eigenvalue weighted by molar-refractivity contribution is 7.89. The number of rotatable bonds is 10. The second kappa shape index (κ2) is 15.5. The molecule has 0 radical (unpaired) electrons. The van der Waals surface area contributed by atoms with Crippen LogP contribution < -0.4 is 9.46 Å². The lowest BCUT2D eigenvalue weighted by molar-refractivity contribution is -0.163. The van der Waals surface area contributed by atoms with Crippen molar-refractivity contribution in [2.45, 2.75) is 88.5 Å². The Labute approximate surface area is 310 Å². The van der Waals surface area contributed by atoms with Crippen LogP contribution in [0, 0.1) is 0 Å². The number of pyridine rings is 1. The highest BCUT2D eigenvalue weighted by atomic mass is 35.5. The molecule has 1 saturated heterocycles. The molecule has 1 N–H and O–H groups in total. The molecular formula is C34H35ClF6N4O6S2. The summed E-state index contributed by atoms with van der Waals surface area (Å²) in [6.45, 7) is 1.52. The third-order valence-electron chi connectivity index (χ3n) is 9.19. The largest absolute Gasteiger partial charge is 0.474 e. The number of thiophene rings is 1. The molecule has 4 heterocycles. The maximum Gasteiger partial charge on any atom is 0.425 e. The summed E-state index contributed by atoms with van der Waals surface area (Å²) in [6.07, 6.45) is -7.94. The first-order chi connectivity index (χ1) is 24.7. The fourth-order valence-corrected chi connectivity index (χ4v) is 8.37. The summed E-state index contributed by atoms with van der Waals surface area (Å²) in [7, 11) is -3.90. The molecule has 2 aliphatic heterocycles. The summed E-state index contributed by atoms with van der Waals surface area (Å²) in [5.74, 6) is -3.06. The fraction of sp³-hybridized carbons (Fsp3) is 0.471. The normalized spacial score (nSPS) is 20.8. The molecule has 0 unspecified atom stereocenters. The van der Waals surface area contributed by atoms with Crippen LogP contribution >= 0.6 is 22.9 Å². The van der Waals surface area contributed by atoms with E-state index >= 15 is 4.79 Å². The molecule has 2 aliphatic rings. The van der Waals surface area contributed by atoms with Crippen molar-refractivity contribution in [2.75, 3.05) is 12.8 Å². The van der Waals surface area contributed by atoms with Crippen LogP contribution in [-0.2, 0) is 44.9 Å². The number of hydrogen-bond acceptors (Lipinski definition) is 8. The van der Waals surface area contributed by atoms with Crippen LogP contribution in [0.5, 0.6) is 5.75 Å². The number of fused-ring (bicyclic) bond motifs is 1. The van der Waals surface area contributed by atoms with E-state index in [1.807, 2.05) is 4.72 Å². The van der Waals surface area contributed by atoms with Gasteiger partial charge < -0.3 is 14.5 Å². The van der Waals surface area contributed by atoms with Crippen LogP contribution in [0.2, 0.25) is 5.02 Å². The molecular weight excluding hydrogens is 774 g/mol. The van der Waals surface area contributed by atoms with Crippen molar-refractivity contribution in [3.8, 4) is 5.75 Å². The van der Waals surface area contributed by atoms with Crippen LogP contribution in [0.25, 0.3) is 0 Å². The van der Waals surface area contributed by atoms with Gasteiger partial charge in [-0.25, -0.2) is 8.42 Å². The van der Waals surface area contributed by atoms with Crippen molar-refractivity contribution in [3.63, 3.8) is 0 Å². The Balaban J connectivity index is 1.63. The molecule has 3 atom stereocenters. The Morgan fingerprint density at radius 2 is 1.79 bits per heavy atom. The molecule has 5 rings (SSSR count). The van der Waals surface area contributed by atoms with Gasteiger partial charge in [-0.3, -0.25) is 24.1 Å². The molecule has 288 valence electrons. The smallest absolute Gasteiger partial charge is 0.425 e. The summed E-state index contributed by atoms with van der Waals surface area (Å²) < 4.78 is 115. The van der Waals surface area contributed by atoms with Crippen molar-refractivity contribution in [3.05, 3.63) is 80.3 Å². The van der Waals surface area contributed by atoms with Gasteiger partial charge in [0.05, 0.1) is 17.9 Å². The minimum atomic E-state index is -4.95. The summed E-state index contributed by atoms with van der Waals surface area (Å²) in [4.78, 5) is 47.2. The molecule has 0 saturated carbocycles. The molecule has 0 bridgehead atoms. The predicted molar refractivity (Wildman–Crippen MR) is 183 cm³/mol. The summed E-state index contributed by atoms with van der Waals surface area (Å²) in [5, 5.41) is 1.47. The minimum absolute atomic E-state index is 0.00337. The van der Waals surface area contributed by atoms with Gasteiger partial charge in [0.15, 0.2) is 0 Å². The van der Waals surface area contributed by atoms with E-state index in [2.05, 4.69) is 4.98 Å². The number of alkyl halides is 6. The molecule has 2 aromatic heterocycles. The SMILES string of the molecule is CCC[C@H]1N(C(=O)c2ncccc2C(F)(F)F)CCC[C@@]1(Oc1csc(C(F)(F)F)c1)C(=O)N1Cc2ccc(Cl)cc2C[C@@H]1CCC(=O)NS(C)(=O)=O. The van der Waals surface area contributed by atoms with Gasteiger partial charge in [0.1, 0.15) is 16.3 Å². The third-order valence-corrected chi connectivity index (χ3v) is 11.0. The standard InChI is InChI=1S/C34H35ClF6N4O6S2/c1-3-6-26-32(51-24-17-27(52-19-24)34(39,40)41,12-5-14-44(26)30(47)29-25(33(36,37)38)7-4-13-42-29)31(48)45-18-20-8-9-22(35)15-21(20)16-23(45)10-11-28(46)43-53(2,49)50/h4,7-9,13,15,17,19,23,26H,3,5-6,10-12,14,16,18H2,1-2H3,(H,43,46)/t23-,26+,32-/m0/s1. The minimum Gasteiger partial charge on any atom is -0.474 e. The molecule has 0 aliphatic carbocycles. The van der Waals surface area contributed by atoms with E-state index in [1.165, 1.54) is 4.90 Å². The molecule has 3 aromatic rings. The number of nitrogens with zero attached hydrogens (tertiary/aromatic N) is 3. The molecule has 53 heavy (non-hydrogen) atoms. The van der Waals surface area contributed by atoms with Crippen LogP contribution in [-0.4, -0.2) is 71.4 Å². The number of amides is 3. The molecule has 3 amide bonds. The zero-order chi connectivity index (χ0) is 38.9. The van der Waals surface area contributed by atoms with Crippen molar-refractivity contribution < 1.29 is 53.9 Å². The number of halogens is 7. The number of benzene rings is 1. The number of sulfonamides is 1. The first-order valence-corrected chi connectivity index (χ1v) is 19.7. The number of aromatic nitrogens is 1. The molecule has 1 aromatic carbocycles. The summed E-state index contributed by atoms with van der Waals surface area (Å²) >= 11 is 6.58. The monoisotopic (exact) mass is 808 g/mol. The van der Waals surface area contributed by atoms with Crippen LogP contribution in [0.15, 0.2) is 48.0 Å². The summed E-state index contributed by atoms with van der Waals surface area (Å²) in [5.41, 5.74) is -2.92. The van der Waals surface area contributed by atoms with E-state index in [0.29, 0.717) is 28.0 Å². The average molecular weight is 809 g/mol. The first-order valence-electron chi connectivity index (χ1n) is 16.5. The van der Waals surface area contributed by atoms with Gasteiger partial charge >= 0.3 is 12.4 Å². The van der Waals surface area contributed by atoms with Gasteiger partial charge in [0, 0.05) is 54.6 Å². The Hall–Kier alpha value is -3.90. The van der Waals surface area contributed by atoms with Gasteiger partial charge in [0.2, 0.25) is 21.5 Å². The second-order valence-corrected chi connectivity index (χ2v) is 16.1. The Bertz CT molecular complexity index is 1970. The lowest BCUT2D eigenvalue weighted by Crippen LogP contribution is -2.69. The van der Waals surface area contributed by atoms with Gasteiger partial charge in [-0.2, -0.15) is 26.3 Å². The Morgan fingerprint density at radius 3 is 2.43 bits per heavy atom. The number of carbonyl (C=O) groups is 3. The third kappa shape index (κ3) is 9.08. The quantitative estimate of drug-likeness (QED) is 0.222. The number of hydrogen-bond donors (Lipinski definition) is 1. The molecule has 1 fully saturated rings. The topological polar surface area (TPSA) is 126 Å². The van der Waals surface area contributed by atoms with Crippen LogP contribution in [0.4, 0.5) is 26.3 Å². The second-order valence-electron chi connectivity index (χ2n) is 13.0. The highest BCUT2D eigenvalue weighted by Crippen LogP contribution is 2.44. The van der Waals surface area contributed by atoms with E-state index in [9.17, 15) is 44.3 Å². The van der Waals surface area contributed by atoms with Gasteiger partial charge in [-0.15, -0.1) is 11.3 Å². The fourth-order valence-electron chi connectivity index (χ4n) is 6.99. The van der Waals surface area contributed by atoms with E-state index in [1.54, 1.807) is 25.1 Å². The maximum atomic E-state index is 15.3. The number of nitrogens with one attached hydrogen (secondary N) is 1. The van der Waals surface area contributed by atoms with Crippen molar-refractivity contribution in [1.82, 2.24) is 19.5 Å². The number of ether oxygens (including phenoxy) is 1. The average Bonchev–Trinajstić information content (AvgIpc) is 3.55. The van der Waals surface area contributed by atoms with Crippen molar-refractivity contribution >= 4 is 50.7 Å². The van der Waals surface area contributed by atoms with E-state index in [4.69, 9.17) is 16.3 Å². The van der Waals surface area contributed by atoms with E-state index in [-0.39, 0.29) is 63.8 Å².